The van der Waals surface area contributed by atoms with Gasteiger partial charge in [0.2, 0.25) is 0 Å². The van der Waals surface area contributed by atoms with Gasteiger partial charge in [0, 0.05) is 36.8 Å². The van der Waals surface area contributed by atoms with E-state index in [1.165, 1.54) is 6.07 Å². The lowest BCUT2D eigenvalue weighted by Gasteiger charge is -2.31. The standard InChI is InChI=1S/C33H32F2N4O4S/c1-3-24-28(35)8-5-21-15-23(40)16-27(29(21)24)25-6-7-26-30(20(25)2)36-32(37-31(26)38-11-13-44(41,42)14-12-38)43-19-33-9-4-10-39(33)18-22(34)17-33/h1,5-8,15-16,22,40H,4,9-14,17-19H2,2H3. The minimum atomic E-state index is -3.14. The van der Waals surface area contributed by atoms with E-state index in [2.05, 4.69) is 10.8 Å². The van der Waals surface area contributed by atoms with Gasteiger partial charge in [-0.15, -0.1) is 6.42 Å². The maximum absolute atomic E-state index is 14.8. The van der Waals surface area contributed by atoms with Crippen LogP contribution in [0.5, 0.6) is 11.8 Å². The number of phenolic OH excluding ortho intramolecular Hbond substituents is 1. The van der Waals surface area contributed by atoms with Crippen LogP contribution in [0, 0.1) is 25.1 Å². The van der Waals surface area contributed by atoms with Gasteiger partial charge in [0.25, 0.3) is 0 Å². The molecule has 3 saturated heterocycles. The maximum Gasteiger partial charge on any atom is 0.319 e. The van der Waals surface area contributed by atoms with Crippen LogP contribution in [0.15, 0.2) is 36.4 Å². The van der Waals surface area contributed by atoms with Crippen LogP contribution in [0.2, 0.25) is 0 Å². The number of sulfone groups is 1. The number of nitrogens with zero attached hydrogens (tertiary/aromatic N) is 4. The molecule has 7 rings (SSSR count). The number of aromatic nitrogens is 2. The highest BCUT2D eigenvalue weighted by atomic mass is 32.2. The fourth-order valence-electron chi connectivity index (χ4n) is 7.24. The van der Waals surface area contributed by atoms with Crippen molar-refractivity contribution in [2.75, 3.05) is 49.2 Å². The van der Waals surface area contributed by atoms with Gasteiger partial charge in [0.15, 0.2) is 9.84 Å². The molecule has 2 atom stereocenters. The number of aryl methyl sites for hydroxylation is 1. The van der Waals surface area contributed by atoms with E-state index in [1.807, 2.05) is 24.0 Å². The minimum absolute atomic E-state index is 0.00612. The fraction of sp³-hybridized carbons (Fsp3) is 0.394. The van der Waals surface area contributed by atoms with Crippen molar-refractivity contribution in [1.82, 2.24) is 14.9 Å². The molecule has 0 amide bonds. The van der Waals surface area contributed by atoms with E-state index < -0.39 is 27.4 Å². The van der Waals surface area contributed by atoms with Crippen molar-refractivity contribution in [3.05, 3.63) is 53.3 Å². The van der Waals surface area contributed by atoms with Crippen LogP contribution in [-0.4, -0.2) is 84.4 Å². The van der Waals surface area contributed by atoms with Crippen molar-refractivity contribution in [2.24, 2.45) is 0 Å². The van der Waals surface area contributed by atoms with Gasteiger partial charge in [-0.1, -0.05) is 18.1 Å². The van der Waals surface area contributed by atoms with Gasteiger partial charge in [0.05, 0.1) is 28.1 Å². The van der Waals surface area contributed by atoms with Gasteiger partial charge in [-0.2, -0.15) is 9.97 Å². The summed E-state index contributed by atoms with van der Waals surface area (Å²) in [6.07, 6.45) is 7.05. The van der Waals surface area contributed by atoms with Crippen LogP contribution in [-0.2, 0) is 9.84 Å². The number of halogens is 2. The Morgan fingerprint density at radius 1 is 1.14 bits per heavy atom. The Bertz CT molecular complexity index is 1960. The number of ether oxygens (including phenoxy) is 1. The summed E-state index contributed by atoms with van der Waals surface area (Å²) >= 11 is 0. The first kappa shape index (κ1) is 28.7. The normalized spacial score (nSPS) is 23.2. The largest absolute Gasteiger partial charge is 0.508 e. The minimum Gasteiger partial charge on any atom is -0.508 e. The third-order valence-corrected chi connectivity index (χ3v) is 11.1. The molecule has 4 heterocycles. The number of anilines is 1. The number of fused-ring (bicyclic) bond motifs is 3. The van der Waals surface area contributed by atoms with E-state index in [1.54, 1.807) is 18.2 Å². The van der Waals surface area contributed by atoms with Crippen molar-refractivity contribution in [3.8, 4) is 35.2 Å². The molecular weight excluding hydrogens is 586 g/mol. The Morgan fingerprint density at radius 2 is 1.93 bits per heavy atom. The number of aromatic hydroxyl groups is 1. The predicted molar refractivity (Wildman–Crippen MR) is 166 cm³/mol. The summed E-state index contributed by atoms with van der Waals surface area (Å²) in [6.45, 7) is 3.90. The van der Waals surface area contributed by atoms with Crippen LogP contribution in [0.25, 0.3) is 32.8 Å². The Balaban J connectivity index is 1.38. The molecule has 228 valence electrons. The van der Waals surface area contributed by atoms with E-state index in [4.69, 9.17) is 21.1 Å². The first-order chi connectivity index (χ1) is 21.1. The molecule has 0 aliphatic carbocycles. The van der Waals surface area contributed by atoms with Gasteiger partial charge >= 0.3 is 6.01 Å². The Kier molecular flexibility index (Phi) is 6.90. The Hall–Kier alpha value is -4.01. The summed E-state index contributed by atoms with van der Waals surface area (Å²) in [5, 5.41) is 12.4. The molecule has 3 fully saturated rings. The number of hydrogen-bond donors (Lipinski definition) is 1. The topological polar surface area (TPSA) is 95.9 Å². The van der Waals surface area contributed by atoms with E-state index in [0.29, 0.717) is 51.6 Å². The van der Waals surface area contributed by atoms with Gasteiger partial charge in [-0.25, -0.2) is 17.2 Å². The van der Waals surface area contributed by atoms with Gasteiger partial charge in [-0.05, 0) is 72.7 Å². The highest BCUT2D eigenvalue weighted by Gasteiger charge is 2.49. The van der Waals surface area contributed by atoms with Gasteiger partial charge in [-0.3, -0.25) is 4.90 Å². The van der Waals surface area contributed by atoms with Crippen LogP contribution in [0.3, 0.4) is 0 Å². The molecule has 1 aromatic heterocycles. The molecular formula is C33H32F2N4O4S. The highest BCUT2D eigenvalue weighted by Crippen LogP contribution is 2.42. The quantitative estimate of drug-likeness (QED) is 0.320. The van der Waals surface area contributed by atoms with E-state index in [9.17, 15) is 22.3 Å². The van der Waals surface area contributed by atoms with E-state index in [0.717, 1.165) is 24.9 Å². The molecule has 0 saturated carbocycles. The average Bonchev–Trinajstić information content (AvgIpc) is 3.51. The summed E-state index contributed by atoms with van der Waals surface area (Å²) < 4.78 is 60.0. The molecule has 44 heavy (non-hydrogen) atoms. The number of phenols is 1. The Morgan fingerprint density at radius 3 is 2.70 bits per heavy atom. The summed E-state index contributed by atoms with van der Waals surface area (Å²) in [7, 11) is -3.14. The zero-order valence-corrected chi connectivity index (χ0v) is 25.1. The number of benzene rings is 3. The third kappa shape index (κ3) is 4.81. The van der Waals surface area contributed by atoms with E-state index in [-0.39, 0.29) is 48.5 Å². The van der Waals surface area contributed by atoms with Crippen molar-refractivity contribution in [1.29, 1.82) is 0 Å². The maximum atomic E-state index is 14.8. The van der Waals surface area contributed by atoms with Gasteiger partial charge < -0.3 is 14.7 Å². The molecule has 2 unspecified atom stereocenters. The summed E-state index contributed by atoms with van der Waals surface area (Å²) in [5.74, 6) is 2.52. The van der Waals surface area contributed by atoms with Crippen LogP contribution in [0.1, 0.15) is 30.4 Å². The smallest absolute Gasteiger partial charge is 0.319 e. The predicted octanol–water partition coefficient (Wildman–Crippen LogP) is 4.77. The fourth-order valence-corrected chi connectivity index (χ4v) is 8.44. The van der Waals surface area contributed by atoms with Crippen molar-refractivity contribution in [3.63, 3.8) is 0 Å². The molecule has 0 spiro atoms. The zero-order valence-electron chi connectivity index (χ0n) is 24.3. The first-order valence-corrected chi connectivity index (χ1v) is 16.6. The highest BCUT2D eigenvalue weighted by molar-refractivity contribution is 7.91. The zero-order chi connectivity index (χ0) is 30.8. The summed E-state index contributed by atoms with van der Waals surface area (Å²) in [4.78, 5) is 13.7. The monoisotopic (exact) mass is 618 g/mol. The summed E-state index contributed by atoms with van der Waals surface area (Å²) in [6, 6.07) is 9.82. The average molecular weight is 619 g/mol. The molecule has 11 heteroatoms. The molecule has 0 radical (unpaired) electrons. The van der Waals surface area contributed by atoms with Crippen LogP contribution < -0.4 is 9.64 Å². The second-order valence-corrected chi connectivity index (χ2v) is 14.4. The SMILES string of the molecule is C#Cc1c(F)ccc2cc(O)cc(-c3ccc4c(N5CCS(=O)(=O)CC5)nc(OCC56CCCN5CC(F)C6)nc4c3C)c12. The lowest BCUT2D eigenvalue weighted by Crippen LogP contribution is -2.43. The van der Waals surface area contributed by atoms with Crippen molar-refractivity contribution >= 4 is 37.3 Å². The number of rotatable bonds is 5. The Labute approximate surface area is 254 Å². The number of terminal acetylenes is 1. The number of hydrogen-bond acceptors (Lipinski definition) is 8. The first-order valence-electron chi connectivity index (χ1n) is 14.8. The molecule has 3 aliphatic heterocycles. The van der Waals surface area contributed by atoms with Gasteiger partial charge in [0.1, 0.15) is 30.2 Å². The number of alkyl halides is 1. The molecule has 4 aromatic rings. The van der Waals surface area contributed by atoms with Crippen LogP contribution >= 0.6 is 0 Å². The molecule has 8 nitrogen and oxygen atoms in total. The lowest BCUT2D eigenvalue weighted by molar-refractivity contribution is 0.107. The molecule has 1 N–H and O–H groups in total. The van der Waals surface area contributed by atoms with E-state index >= 15 is 0 Å². The lowest BCUT2D eigenvalue weighted by atomic mass is 9.91. The second-order valence-electron chi connectivity index (χ2n) is 12.1. The van der Waals surface area contributed by atoms with Crippen LogP contribution in [0.4, 0.5) is 14.6 Å². The molecule has 3 aliphatic rings. The van der Waals surface area contributed by atoms with Crippen molar-refractivity contribution in [2.45, 2.75) is 37.9 Å². The molecule has 3 aromatic carbocycles. The summed E-state index contributed by atoms with van der Waals surface area (Å²) in [5.41, 5.74) is 2.24. The second kappa shape index (κ2) is 10.6. The van der Waals surface area contributed by atoms with Crippen molar-refractivity contribution < 1.29 is 27.0 Å². The third-order valence-electron chi connectivity index (χ3n) is 9.44. The molecule has 0 bridgehead atoms.